The predicted octanol–water partition coefficient (Wildman–Crippen LogP) is 4.10. The highest BCUT2D eigenvalue weighted by molar-refractivity contribution is 8.19. The molecule has 1 saturated heterocycles. The van der Waals surface area contributed by atoms with Crippen molar-refractivity contribution >= 4 is 45.2 Å². The van der Waals surface area contributed by atoms with Gasteiger partial charge in [-0.3, -0.25) is 4.31 Å². The molecule has 0 saturated carbocycles. The third-order valence-electron chi connectivity index (χ3n) is 5.11. The number of carbonyl (C=O) groups is 1. The fourth-order valence-corrected chi connectivity index (χ4v) is 7.96. The van der Waals surface area contributed by atoms with Crippen LogP contribution >= 0.6 is 23.5 Å². The van der Waals surface area contributed by atoms with Crippen molar-refractivity contribution < 1.29 is 22.7 Å². The Hall–Kier alpha value is -1.84. The van der Waals surface area contributed by atoms with E-state index in [0.717, 1.165) is 22.6 Å². The monoisotopic (exact) mass is 465 g/mol. The van der Waals surface area contributed by atoms with Gasteiger partial charge in [0.05, 0.1) is 29.2 Å². The van der Waals surface area contributed by atoms with Gasteiger partial charge in [-0.25, -0.2) is 13.2 Å². The van der Waals surface area contributed by atoms with Crippen LogP contribution < -0.4 is 13.8 Å². The van der Waals surface area contributed by atoms with Crippen LogP contribution in [0.4, 0.5) is 5.69 Å². The number of benzene rings is 2. The van der Waals surface area contributed by atoms with E-state index in [0.29, 0.717) is 33.8 Å². The number of rotatable bonds is 5. The molecular formula is C21H23NO5S3. The summed E-state index contributed by atoms with van der Waals surface area (Å²) in [7, 11) is -1.81. The standard InChI is InChI=1S/C21H23NO5S3/c1-13-10-16-11-14(4-6-17(16)22(13)30(3,24)25)20(23)27-18-7-5-15(12-19(18)26-2)21-28-8-9-29-21/h4-7,11-13,21H,8-10H2,1-3H3. The van der Waals surface area contributed by atoms with E-state index in [-0.39, 0.29) is 6.04 Å². The Morgan fingerprint density at radius 3 is 2.50 bits per heavy atom. The molecule has 1 unspecified atom stereocenters. The van der Waals surface area contributed by atoms with E-state index in [4.69, 9.17) is 9.47 Å². The molecule has 4 rings (SSSR count). The molecule has 2 heterocycles. The lowest BCUT2D eigenvalue weighted by Gasteiger charge is -2.21. The van der Waals surface area contributed by atoms with Gasteiger partial charge in [-0.2, -0.15) is 0 Å². The first kappa shape index (κ1) is 21.4. The van der Waals surface area contributed by atoms with Gasteiger partial charge in [0, 0.05) is 17.5 Å². The summed E-state index contributed by atoms with van der Waals surface area (Å²) >= 11 is 3.79. The lowest BCUT2D eigenvalue weighted by atomic mass is 10.1. The number of hydrogen-bond acceptors (Lipinski definition) is 7. The van der Waals surface area contributed by atoms with Gasteiger partial charge in [-0.05, 0) is 54.8 Å². The molecule has 0 aromatic heterocycles. The van der Waals surface area contributed by atoms with Gasteiger partial charge in [-0.1, -0.05) is 6.07 Å². The van der Waals surface area contributed by atoms with Crippen molar-refractivity contribution in [2.45, 2.75) is 24.0 Å². The number of methoxy groups -OCH3 is 1. The number of esters is 1. The Bertz CT molecular complexity index is 1080. The van der Waals surface area contributed by atoms with Crippen molar-refractivity contribution in [3.63, 3.8) is 0 Å². The maximum atomic E-state index is 12.8. The minimum absolute atomic E-state index is 0.180. The van der Waals surface area contributed by atoms with E-state index in [2.05, 4.69) is 0 Å². The molecule has 30 heavy (non-hydrogen) atoms. The summed E-state index contributed by atoms with van der Waals surface area (Å²) in [5, 5.41) is 0. The number of carbonyl (C=O) groups excluding carboxylic acids is 1. The van der Waals surface area contributed by atoms with Crippen LogP contribution in [0.3, 0.4) is 0 Å². The zero-order valence-electron chi connectivity index (χ0n) is 17.0. The molecule has 9 heteroatoms. The van der Waals surface area contributed by atoms with E-state index < -0.39 is 16.0 Å². The van der Waals surface area contributed by atoms with Crippen molar-refractivity contribution in [2.24, 2.45) is 0 Å². The molecule has 2 aromatic rings. The number of ether oxygens (including phenoxy) is 2. The third kappa shape index (κ3) is 4.15. The summed E-state index contributed by atoms with van der Waals surface area (Å²) in [4.78, 5) is 12.8. The molecule has 160 valence electrons. The molecule has 2 aromatic carbocycles. The lowest BCUT2D eigenvalue weighted by molar-refractivity contribution is 0.0729. The molecule has 1 atom stereocenters. The third-order valence-corrected chi connectivity index (χ3v) is 9.49. The number of fused-ring (bicyclic) bond motifs is 1. The fourth-order valence-electron chi connectivity index (χ4n) is 3.86. The maximum absolute atomic E-state index is 12.8. The molecule has 2 aliphatic heterocycles. The topological polar surface area (TPSA) is 72.9 Å². The molecule has 0 amide bonds. The first-order valence-corrected chi connectivity index (χ1v) is 13.5. The first-order valence-electron chi connectivity index (χ1n) is 9.53. The number of anilines is 1. The smallest absolute Gasteiger partial charge is 0.343 e. The van der Waals surface area contributed by atoms with Crippen LogP contribution in [0.15, 0.2) is 36.4 Å². The van der Waals surface area contributed by atoms with E-state index >= 15 is 0 Å². The van der Waals surface area contributed by atoms with E-state index in [9.17, 15) is 13.2 Å². The van der Waals surface area contributed by atoms with Crippen molar-refractivity contribution in [1.82, 2.24) is 0 Å². The van der Waals surface area contributed by atoms with E-state index in [1.807, 2.05) is 42.6 Å². The highest BCUT2D eigenvalue weighted by Gasteiger charge is 2.33. The van der Waals surface area contributed by atoms with Crippen molar-refractivity contribution in [2.75, 3.05) is 29.2 Å². The minimum Gasteiger partial charge on any atom is -0.493 e. The van der Waals surface area contributed by atoms with Crippen LogP contribution in [-0.2, 0) is 16.4 Å². The molecule has 0 bridgehead atoms. The van der Waals surface area contributed by atoms with Gasteiger partial charge in [0.2, 0.25) is 10.0 Å². The van der Waals surface area contributed by atoms with Crippen molar-refractivity contribution in [1.29, 1.82) is 0 Å². The Kier molecular flexibility index (Phi) is 5.96. The number of sulfonamides is 1. The summed E-state index contributed by atoms with van der Waals surface area (Å²) in [6, 6.07) is 10.5. The SMILES string of the molecule is COc1cc(C2SCCS2)ccc1OC(=O)c1ccc2c(c1)CC(C)N2S(C)(=O)=O. The van der Waals surface area contributed by atoms with Gasteiger partial charge in [0.1, 0.15) is 0 Å². The summed E-state index contributed by atoms with van der Waals surface area (Å²) < 4.78 is 37.0. The normalized spacial score (nSPS) is 19.0. The zero-order chi connectivity index (χ0) is 21.5. The van der Waals surface area contributed by atoms with Crippen LogP contribution in [0.25, 0.3) is 0 Å². The van der Waals surface area contributed by atoms with Gasteiger partial charge in [-0.15, -0.1) is 23.5 Å². The summed E-state index contributed by atoms with van der Waals surface area (Å²) in [6.45, 7) is 1.85. The quantitative estimate of drug-likeness (QED) is 0.486. The predicted molar refractivity (Wildman–Crippen MR) is 123 cm³/mol. The van der Waals surface area contributed by atoms with Crippen LogP contribution in [0.2, 0.25) is 0 Å². The molecule has 0 radical (unpaired) electrons. The summed E-state index contributed by atoms with van der Waals surface area (Å²) in [5.41, 5.74) is 2.96. The Morgan fingerprint density at radius 1 is 1.10 bits per heavy atom. The van der Waals surface area contributed by atoms with E-state index in [1.54, 1.807) is 31.4 Å². The average molecular weight is 466 g/mol. The Balaban J connectivity index is 1.56. The van der Waals surface area contributed by atoms with Crippen LogP contribution in [0.5, 0.6) is 11.5 Å². The molecule has 0 N–H and O–H groups in total. The lowest BCUT2D eigenvalue weighted by Crippen LogP contribution is -2.34. The largest absolute Gasteiger partial charge is 0.493 e. The highest BCUT2D eigenvalue weighted by atomic mass is 32.2. The zero-order valence-corrected chi connectivity index (χ0v) is 19.4. The molecule has 2 aliphatic rings. The minimum atomic E-state index is -3.37. The molecule has 0 aliphatic carbocycles. The number of hydrogen-bond donors (Lipinski definition) is 0. The molecule has 1 fully saturated rings. The highest BCUT2D eigenvalue weighted by Crippen LogP contribution is 2.47. The second-order valence-electron chi connectivity index (χ2n) is 7.33. The Morgan fingerprint density at radius 2 is 1.83 bits per heavy atom. The Labute approximate surface area is 185 Å². The van der Waals surface area contributed by atoms with Crippen LogP contribution in [0.1, 0.15) is 33.0 Å². The second-order valence-corrected chi connectivity index (χ2v) is 11.9. The maximum Gasteiger partial charge on any atom is 0.343 e. The van der Waals surface area contributed by atoms with Gasteiger partial charge in [0.25, 0.3) is 0 Å². The first-order chi connectivity index (χ1) is 14.3. The van der Waals surface area contributed by atoms with E-state index in [1.165, 1.54) is 10.6 Å². The molecule has 6 nitrogen and oxygen atoms in total. The molecular weight excluding hydrogens is 442 g/mol. The summed E-state index contributed by atoms with van der Waals surface area (Å²) in [5.74, 6) is 2.64. The fraction of sp³-hybridized carbons (Fsp3) is 0.381. The van der Waals surface area contributed by atoms with Gasteiger partial charge < -0.3 is 9.47 Å². The van der Waals surface area contributed by atoms with Crippen molar-refractivity contribution in [3.8, 4) is 11.5 Å². The van der Waals surface area contributed by atoms with Crippen LogP contribution in [0, 0.1) is 0 Å². The molecule has 0 spiro atoms. The second kappa shape index (κ2) is 8.36. The summed E-state index contributed by atoms with van der Waals surface area (Å²) in [6.07, 6.45) is 1.75. The van der Waals surface area contributed by atoms with Crippen LogP contribution in [-0.4, -0.2) is 45.3 Å². The average Bonchev–Trinajstić information content (AvgIpc) is 3.34. The van der Waals surface area contributed by atoms with Gasteiger partial charge >= 0.3 is 5.97 Å². The van der Waals surface area contributed by atoms with Gasteiger partial charge in [0.15, 0.2) is 11.5 Å². The number of thioether (sulfide) groups is 2. The van der Waals surface area contributed by atoms with Crippen molar-refractivity contribution in [3.05, 3.63) is 53.1 Å². The number of nitrogens with zero attached hydrogens (tertiary/aromatic N) is 1.